The van der Waals surface area contributed by atoms with Crippen LogP contribution in [0.4, 0.5) is 56.6 Å². The minimum atomic E-state index is -1.40. The van der Waals surface area contributed by atoms with Crippen molar-refractivity contribution < 1.29 is 92.0 Å². The molecule has 9 aromatic rings. The SMILES string of the molecule is CC(C)(C)OC(=O)CN(C(=O)c1c(F)cc(F)cc1F)c1cccc(-c2cccnc2)c1.COc1ccc(-c2cccc(N(CC(=O)OC(C)(C)C)C(=O)c3c(F)cc(F)cc3F)c2)c(C)c1.COc1cccc(Cl)c1-c1cccc(N(CC(=O)OC(C)(C)C)C(=O)c2c(F)cc(F)cc2F)c1. The molecule has 0 saturated carbocycles. The fourth-order valence-corrected chi connectivity index (χ4v) is 10.4. The number of halogens is 10. The van der Waals surface area contributed by atoms with Gasteiger partial charge in [0.25, 0.3) is 17.7 Å². The Morgan fingerprint density at radius 1 is 0.412 bits per heavy atom. The predicted molar refractivity (Wildman–Crippen MR) is 368 cm³/mol. The van der Waals surface area contributed by atoms with E-state index < -0.39 is 141 Å². The number of aryl methyl sites for hydroxylation is 1. The highest BCUT2D eigenvalue weighted by Crippen LogP contribution is 2.39. The zero-order chi connectivity index (χ0) is 75.3. The minimum Gasteiger partial charge on any atom is -0.497 e. The Balaban J connectivity index is 0.000000215. The zero-order valence-electron chi connectivity index (χ0n) is 57.3. The number of amides is 3. The monoisotopic (exact) mass is 1430 g/mol. The Hall–Kier alpha value is -11.0. The number of esters is 3. The maximum Gasteiger partial charge on any atom is 0.326 e. The molecule has 0 atom stereocenters. The van der Waals surface area contributed by atoms with E-state index in [1.165, 1.54) is 31.4 Å². The molecule has 3 amide bonds. The van der Waals surface area contributed by atoms with Gasteiger partial charge < -0.3 is 23.7 Å². The summed E-state index contributed by atoms with van der Waals surface area (Å²) in [6, 6.07) is 35.9. The average Bonchev–Trinajstić information content (AvgIpc) is 0.793. The van der Waals surface area contributed by atoms with Gasteiger partial charge in [-0.2, -0.15) is 0 Å². The first-order valence-corrected chi connectivity index (χ1v) is 31.5. The van der Waals surface area contributed by atoms with Crippen molar-refractivity contribution >= 4 is 64.3 Å². The van der Waals surface area contributed by atoms with E-state index >= 15 is 0 Å². The second-order valence-electron chi connectivity index (χ2n) is 25.6. The lowest BCUT2D eigenvalue weighted by Crippen LogP contribution is -2.39. The number of benzene rings is 8. The Labute approximate surface area is 587 Å². The summed E-state index contributed by atoms with van der Waals surface area (Å²) >= 11 is 6.38. The first-order valence-electron chi connectivity index (χ1n) is 31.1. The molecule has 0 radical (unpaired) electrons. The number of rotatable bonds is 17. The summed E-state index contributed by atoms with van der Waals surface area (Å²) < 4.78 is 153. The minimum absolute atomic E-state index is 0.128. The number of ether oxygens (including phenoxy) is 5. The van der Waals surface area contributed by atoms with Gasteiger partial charge in [-0.15, -0.1) is 0 Å². The predicted octanol–water partition coefficient (Wildman–Crippen LogP) is 17.7. The summed E-state index contributed by atoms with van der Waals surface area (Å²) in [5.74, 6) is -16.5. The van der Waals surface area contributed by atoms with Gasteiger partial charge in [-0.1, -0.05) is 66.2 Å². The van der Waals surface area contributed by atoms with Crippen LogP contribution in [0, 0.1) is 59.3 Å². The largest absolute Gasteiger partial charge is 0.497 e. The van der Waals surface area contributed by atoms with Crippen LogP contribution >= 0.6 is 11.6 Å². The first kappa shape index (κ1) is 78.3. The van der Waals surface area contributed by atoms with Gasteiger partial charge in [-0.05, 0) is 164 Å². The number of anilines is 3. The number of nitrogens with zero attached hydrogens (tertiary/aromatic N) is 4. The van der Waals surface area contributed by atoms with Gasteiger partial charge in [-0.25, -0.2) is 39.5 Å². The molecule has 9 rings (SSSR count). The topological polar surface area (TPSA) is 171 Å². The van der Waals surface area contributed by atoms with Crippen LogP contribution in [0.15, 0.2) is 170 Å². The van der Waals surface area contributed by atoms with E-state index in [2.05, 4.69) is 4.98 Å². The molecule has 0 aliphatic carbocycles. The van der Waals surface area contributed by atoms with Crippen LogP contribution in [0.5, 0.6) is 11.5 Å². The Kier molecular flexibility index (Phi) is 25.7. The average molecular weight is 1430 g/mol. The van der Waals surface area contributed by atoms with E-state index in [0.29, 0.717) is 75.2 Å². The standard InChI is InChI=1S/C27H26F3NO4.C26H23ClF3NO4.C24H21F3N2O3/c1-16-11-20(34-5)9-10-21(16)17-7-6-8-19(12-17)31(15-24(32)35-27(2,3)4)26(33)25-22(29)13-18(28)14-23(25)30;1-26(2,3)35-22(32)14-31(25(33)24-19(29)12-16(28)13-20(24)30)17-8-5-7-15(11-17)23-18(27)9-6-10-21(23)34-4;1-24(2,3)32-21(30)14-29(23(31)22-19(26)11-17(25)12-20(22)27)18-8-4-6-15(10-18)16-7-5-9-28-13-16/h6-14H,15H2,1-5H3;5-13H,14H2,1-4H3;4-13H,14H2,1-3H3. The van der Waals surface area contributed by atoms with Crippen molar-refractivity contribution in [3.63, 3.8) is 0 Å². The van der Waals surface area contributed by atoms with Crippen LogP contribution in [0.25, 0.3) is 33.4 Å². The molecule has 8 aromatic carbocycles. The summed E-state index contributed by atoms with van der Waals surface area (Å²) in [6.45, 7) is 14.9. The molecule has 0 aliphatic heterocycles. The molecular formula is C77H70ClF9N4O11. The van der Waals surface area contributed by atoms with Crippen molar-refractivity contribution in [3.05, 3.63) is 250 Å². The zero-order valence-corrected chi connectivity index (χ0v) is 58.1. The van der Waals surface area contributed by atoms with Crippen molar-refractivity contribution in [3.8, 4) is 44.9 Å². The van der Waals surface area contributed by atoms with E-state index in [1.807, 2.05) is 19.1 Å². The molecule has 0 aliphatic rings. The lowest BCUT2D eigenvalue weighted by Gasteiger charge is -2.26. The van der Waals surface area contributed by atoms with E-state index in [1.54, 1.807) is 167 Å². The van der Waals surface area contributed by atoms with Gasteiger partial charge in [0.05, 0.1) is 19.2 Å². The normalized spacial score (nSPS) is 11.2. The van der Waals surface area contributed by atoms with Crippen molar-refractivity contribution in [2.24, 2.45) is 0 Å². The fraction of sp³-hybridized carbons (Fsp3) is 0.234. The number of carbonyl (C=O) groups is 6. The van der Waals surface area contributed by atoms with Gasteiger partial charge in [-0.3, -0.25) is 48.5 Å². The molecule has 534 valence electrons. The number of carbonyl (C=O) groups excluding carboxylic acids is 6. The van der Waals surface area contributed by atoms with Crippen LogP contribution in [-0.2, 0) is 28.6 Å². The van der Waals surface area contributed by atoms with Crippen molar-refractivity contribution in [1.82, 2.24) is 4.98 Å². The maximum absolute atomic E-state index is 14.5. The van der Waals surface area contributed by atoms with Crippen LogP contribution in [0.3, 0.4) is 0 Å². The number of pyridine rings is 1. The van der Waals surface area contributed by atoms with Crippen LogP contribution in [0.1, 0.15) is 99.0 Å². The van der Waals surface area contributed by atoms with Gasteiger partial charge >= 0.3 is 17.9 Å². The second kappa shape index (κ2) is 33.4. The molecule has 0 spiro atoms. The smallest absolute Gasteiger partial charge is 0.326 e. The summed E-state index contributed by atoms with van der Waals surface area (Å²) in [7, 11) is 3.03. The molecule has 0 fully saturated rings. The third-order valence-electron chi connectivity index (χ3n) is 14.2. The third kappa shape index (κ3) is 21.0. The molecule has 0 N–H and O–H groups in total. The van der Waals surface area contributed by atoms with E-state index in [9.17, 15) is 68.3 Å². The summed E-state index contributed by atoms with van der Waals surface area (Å²) in [5.41, 5.74) is -0.113. The summed E-state index contributed by atoms with van der Waals surface area (Å²) in [4.78, 5) is 84.2. The summed E-state index contributed by atoms with van der Waals surface area (Å²) in [6.07, 6.45) is 3.21. The van der Waals surface area contributed by atoms with Gasteiger partial charge in [0.1, 0.15) is 117 Å². The van der Waals surface area contributed by atoms with Crippen molar-refractivity contribution in [1.29, 1.82) is 0 Å². The molecule has 1 heterocycles. The second-order valence-corrected chi connectivity index (χ2v) is 26.0. The van der Waals surface area contributed by atoms with E-state index in [0.717, 1.165) is 31.4 Å². The van der Waals surface area contributed by atoms with Crippen LogP contribution in [0.2, 0.25) is 5.02 Å². The van der Waals surface area contributed by atoms with Crippen molar-refractivity contribution in [2.75, 3.05) is 48.6 Å². The molecule has 25 heteroatoms. The van der Waals surface area contributed by atoms with Gasteiger partial charge in [0.2, 0.25) is 0 Å². The number of aromatic nitrogens is 1. The molecule has 102 heavy (non-hydrogen) atoms. The molecule has 0 saturated heterocycles. The molecule has 1 aromatic heterocycles. The van der Waals surface area contributed by atoms with Gasteiger partial charge in [0, 0.05) is 77.0 Å². The fourth-order valence-electron chi connectivity index (χ4n) is 10.1. The van der Waals surface area contributed by atoms with Crippen LogP contribution < -0.4 is 24.2 Å². The lowest BCUT2D eigenvalue weighted by molar-refractivity contribution is -0.154. The maximum atomic E-state index is 14.5. The highest BCUT2D eigenvalue weighted by Gasteiger charge is 2.33. The van der Waals surface area contributed by atoms with Crippen LogP contribution in [-0.4, -0.2) is 91.3 Å². The Bertz CT molecular complexity index is 4530. The Morgan fingerprint density at radius 2 is 0.765 bits per heavy atom. The summed E-state index contributed by atoms with van der Waals surface area (Å²) in [5, 5.41) is 0.363. The molecule has 15 nitrogen and oxygen atoms in total. The molecule has 0 bridgehead atoms. The van der Waals surface area contributed by atoms with Crippen molar-refractivity contribution in [2.45, 2.75) is 86.0 Å². The number of hydrogen-bond acceptors (Lipinski definition) is 12. The van der Waals surface area contributed by atoms with E-state index in [-0.39, 0.29) is 17.1 Å². The Morgan fingerprint density at radius 3 is 1.12 bits per heavy atom. The number of methoxy groups -OCH3 is 2. The van der Waals surface area contributed by atoms with E-state index in [4.69, 9.17) is 35.3 Å². The highest BCUT2D eigenvalue weighted by molar-refractivity contribution is 6.33. The lowest BCUT2D eigenvalue weighted by atomic mass is 9.99. The molecular weight excluding hydrogens is 1360 g/mol. The molecule has 0 unspecified atom stereocenters. The quantitative estimate of drug-likeness (QED) is 0.0481. The first-order chi connectivity index (χ1) is 47.8. The van der Waals surface area contributed by atoms with Gasteiger partial charge in [0.15, 0.2) is 0 Å². The highest BCUT2D eigenvalue weighted by atomic mass is 35.5. The third-order valence-corrected chi connectivity index (χ3v) is 14.5. The number of hydrogen-bond donors (Lipinski definition) is 0.